The number of hydrogen-bond acceptors (Lipinski definition) is 4. The number of nitrogens with zero attached hydrogens (tertiary/aromatic N) is 2. The SMILES string of the molecule is C=CCC1(c2ccccc2)CCN([C@@H](C)c2ccc(-c3ccc(N)nc3)cc2)C(=O)O1. The summed E-state index contributed by atoms with van der Waals surface area (Å²) < 4.78 is 6.06. The molecule has 31 heavy (non-hydrogen) atoms. The van der Waals surface area contributed by atoms with E-state index in [1.54, 1.807) is 17.2 Å². The van der Waals surface area contributed by atoms with Crippen LogP contribution in [0.1, 0.15) is 36.9 Å². The van der Waals surface area contributed by atoms with Gasteiger partial charge in [-0.1, -0.05) is 60.7 Å². The third-order valence-corrected chi connectivity index (χ3v) is 6.03. The number of hydrogen-bond donors (Lipinski definition) is 1. The molecule has 1 aromatic heterocycles. The van der Waals surface area contributed by atoms with Crippen molar-refractivity contribution < 1.29 is 9.53 Å². The molecule has 0 bridgehead atoms. The van der Waals surface area contributed by atoms with E-state index in [4.69, 9.17) is 10.5 Å². The Morgan fingerprint density at radius 1 is 1.13 bits per heavy atom. The van der Waals surface area contributed by atoms with Crippen LogP contribution in [0, 0.1) is 0 Å². The molecular formula is C26H27N3O2. The number of benzene rings is 2. The number of pyridine rings is 1. The highest BCUT2D eigenvalue weighted by molar-refractivity contribution is 5.70. The van der Waals surface area contributed by atoms with Crippen LogP contribution in [0.2, 0.25) is 0 Å². The summed E-state index contributed by atoms with van der Waals surface area (Å²) in [4.78, 5) is 19.0. The quantitative estimate of drug-likeness (QED) is 0.526. The second-order valence-corrected chi connectivity index (χ2v) is 7.93. The fourth-order valence-electron chi connectivity index (χ4n) is 4.17. The van der Waals surface area contributed by atoms with Crippen molar-refractivity contribution in [3.05, 3.63) is 96.7 Å². The van der Waals surface area contributed by atoms with Gasteiger partial charge in [-0.25, -0.2) is 9.78 Å². The second kappa shape index (κ2) is 8.64. The zero-order chi connectivity index (χ0) is 21.8. The van der Waals surface area contributed by atoms with Gasteiger partial charge in [0.1, 0.15) is 11.4 Å². The number of ether oxygens (including phenoxy) is 1. The molecule has 0 radical (unpaired) electrons. The van der Waals surface area contributed by atoms with Crippen molar-refractivity contribution in [1.29, 1.82) is 0 Å². The number of anilines is 1. The van der Waals surface area contributed by atoms with Gasteiger partial charge in [-0.3, -0.25) is 0 Å². The lowest BCUT2D eigenvalue weighted by atomic mass is 9.85. The molecule has 5 heteroatoms. The first-order valence-electron chi connectivity index (χ1n) is 10.5. The summed E-state index contributed by atoms with van der Waals surface area (Å²) in [6.45, 7) is 6.52. The van der Waals surface area contributed by atoms with Crippen molar-refractivity contribution >= 4 is 11.9 Å². The van der Waals surface area contributed by atoms with Crippen LogP contribution < -0.4 is 5.73 Å². The Labute approximate surface area is 183 Å². The van der Waals surface area contributed by atoms with E-state index >= 15 is 0 Å². The Balaban J connectivity index is 1.51. The number of cyclic esters (lactones) is 1. The van der Waals surface area contributed by atoms with Crippen molar-refractivity contribution in [2.24, 2.45) is 0 Å². The standard InChI is InChI=1S/C26H27N3O2/c1-3-15-26(23-7-5-4-6-8-23)16-17-29(25(30)31-26)19(2)20-9-11-21(12-10-20)22-13-14-24(27)28-18-22/h3-14,18-19H,1,15-17H2,2H3,(H2,27,28)/t19-,26?/m0/s1. The summed E-state index contributed by atoms with van der Waals surface area (Å²) >= 11 is 0. The van der Waals surface area contributed by atoms with Crippen LogP contribution >= 0.6 is 0 Å². The molecule has 3 aromatic rings. The van der Waals surface area contributed by atoms with E-state index < -0.39 is 5.60 Å². The first-order chi connectivity index (χ1) is 15.0. The second-order valence-electron chi connectivity index (χ2n) is 7.93. The molecule has 2 atom stereocenters. The van der Waals surface area contributed by atoms with Gasteiger partial charge < -0.3 is 15.4 Å². The molecule has 1 saturated heterocycles. The highest BCUT2D eigenvalue weighted by atomic mass is 16.6. The fourth-order valence-corrected chi connectivity index (χ4v) is 4.17. The highest BCUT2D eigenvalue weighted by Crippen LogP contribution is 2.39. The van der Waals surface area contributed by atoms with Gasteiger partial charge in [0.05, 0.1) is 6.04 Å². The zero-order valence-corrected chi connectivity index (χ0v) is 17.7. The maximum absolute atomic E-state index is 13.0. The molecule has 1 aliphatic heterocycles. The predicted molar refractivity (Wildman–Crippen MR) is 123 cm³/mol. The van der Waals surface area contributed by atoms with Crippen LogP contribution in [0.15, 0.2) is 85.6 Å². The van der Waals surface area contributed by atoms with Crippen LogP contribution in [0.5, 0.6) is 0 Å². The Hall–Kier alpha value is -3.60. The monoisotopic (exact) mass is 413 g/mol. The summed E-state index contributed by atoms with van der Waals surface area (Å²) in [6, 6.07) is 21.8. The topological polar surface area (TPSA) is 68.5 Å². The normalized spacial score (nSPS) is 19.5. The summed E-state index contributed by atoms with van der Waals surface area (Å²) in [7, 11) is 0. The summed E-state index contributed by atoms with van der Waals surface area (Å²) in [5.74, 6) is 0.501. The molecule has 1 fully saturated rings. The maximum Gasteiger partial charge on any atom is 0.411 e. The van der Waals surface area contributed by atoms with E-state index in [0.717, 1.165) is 22.3 Å². The number of nitrogens with two attached hydrogens (primary N) is 1. The smallest absolute Gasteiger partial charge is 0.411 e. The van der Waals surface area contributed by atoms with E-state index in [0.29, 0.717) is 25.2 Å². The van der Waals surface area contributed by atoms with Crippen molar-refractivity contribution in [1.82, 2.24) is 9.88 Å². The molecule has 4 rings (SSSR count). The number of rotatable bonds is 6. The molecule has 2 N–H and O–H groups in total. The van der Waals surface area contributed by atoms with Crippen molar-refractivity contribution in [2.45, 2.75) is 31.4 Å². The van der Waals surface area contributed by atoms with E-state index in [2.05, 4.69) is 11.6 Å². The number of aromatic nitrogens is 1. The molecule has 2 aromatic carbocycles. The van der Waals surface area contributed by atoms with Crippen molar-refractivity contribution in [2.75, 3.05) is 12.3 Å². The number of carbonyl (C=O) groups excluding carboxylic acids is 1. The van der Waals surface area contributed by atoms with Crippen molar-refractivity contribution in [3.8, 4) is 11.1 Å². The van der Waals surface area contributed by atoms with Crippen LogP contribution in [-0.2, 0) is 10.3 Å². The molecule has 2 heterocycles. The van der Waals surface area contributed by atoms with Gasteiger partial charge in [0.2, 0.25) is 0 Å². The van der Waals surface area contributed by atoms with Gasteiger partial charge in [-0.05, 0) is 35.7 Å². The Kier molecular flexibility index (Phi) is 5.76. The number of amides is 1. The van der Waals surface area contributed by atoms with Gasteiger partial charge in [0, 0.05) is 31.1 Å². The molecular weight excluding hydrogens is 386 g/mol. The molecule has 1 unspecified atom stereocenters. The first-order valence-corrected chi connectivity index (χ1v) is 10.5. The molecule has 0 saturated carbocycles. The summed E-state index contributed by atoms with van der Waals surface area (Å²) in [5, 5.41) is 0. The number of nitrogen functional groups attached to an aromatic ring is 1. The van der Waals surface area contributed by atoms with E-state index in [9.17, 15) is 4.79 Å². The first kappa shape index (κ1) is 20.7. The highest BCUT2D eigenvalue weighted by Gasteiger charge is 2.42. The van der Waals surface area contributed by atoms with E-state index in [-0.39, 0.29) is 12.1 Å². The lowest BCUT2D eigenvalue weighted by Crippen LogP contribution is -2.48. The fraction of sp³-hybridized carbons (Fsp3) is 0.231. The average molecular weight is 414 g/mol. The van der Waals surface area contributed by atoms with Crippen LogP contribution in [-0.4, -0.2) is 22.5 Å². The predicted octanol–water partition coefficient (Wildman–Crippen LogP) is 5.71. The van der Waals surface area contributed by atoms with Crippen LogP contribution in [0.4, 0.5) is 10.6 Å². The third kappa shape index (κ3) is 4.17. The lowest BCUT2D eigenvalue weighted by molar-refractivity contribution is -0.0588. The lowest BCUT2D eigenvalue weighted by Gasteiger charge is -2.43. The number of carbonyl (C=O) groups is 1. The molecule has 1 amide bonds. The van der Waals surface area contributed by atoms with E-state index in [1.165, 1.54) is 0 Å². The van der Waals surface area contributed by atoms with Gasteiger partial charge in [-0.15, -0.1) is 6.58 Å². The molecule has 0 aliphatic carbocycles. The van der Waals surface area contributed by atoms with Crippen LogP contribution in [0.25, 0.3) is 11.1 Å². The van der Waals surface area contributed by atoms with Crippen molar-refractivity contribution in [3.63, 3.8) is 0 Å². The molecule has 1 aliphatic rings. The minimum Gasteiger partial charge on any atom is -0.437 e. The van der Waals surface area contributed by atoms with Gasteiger partial charge in [-0.2, -0.15) is 0 Å². The zero-order valence-electron chi connectivity index (χ0n) is 17.7. The Morgan fingerprint density at radius 3 is 2.45 bits per heavy atom. The minimum atomic E-state index is -0.650. The maximum atomic E-state index is 13.0. The van der Waals surface area contributed by atoms with Crippen LogP contribution in [0.3, 0.4) is 0 Å². The Morgan fingerprint density at radius 2 is 1.84 bits per heavy atom. The summed E-state index contributed by atoms with van der Waals surface area (Å²) in [5.41, 5.74) is 9.15. The largest absolute Gasteiger partial charge is 0.437 e. The average Bonchev–Trinajstić information content (AvgIpc) is 2.80. The Bertz CT molecular complexity index is 1050. The van der Waals surface area contributed by atoms with Gasteiger partial charge >= 0.3 is 6.09 Å². The van der Waals surface area contributed by atoms with E-state index in [1.807, 2.05) is 73.7 Å². The molecule has 0 spiro atoms. The molecule has 5 nitrogen and oxygen atoms in total. The molecule has 158 valence electrons. The van der Waals surface area contributed by atoms with Gasteiger partial charge in [0.15, 0.2) is 0 Å². The summed E-state index contributed by atoms with van der Waals surface area (Å²) in [6.07, 6.45) is 4.60. The third-order valence-electron chi connectivity index (χ3n) is 6.03. The minimum absolute atomic E-state index is 0.0939. The van der Waals surface area contributed by atoms with Gasteiger partial charge in [0.25, 0.3) is 0 Å².